The number of hydrogen-bond donors (Lipinski definition) is 2. The van der Waals surface area contributed by atoms with Gasteiger partial charge in [-0.05, 0) is 37.0 Å². The lowest BCUT2D eigenvalue weighted by molar-refractivity contribution is -0.135. The van der Waals surface area contributed by atoms with E-state index < -0.39 is 5.97 Å². The lowest BCUT2D eigenvalue weighted by atomic mass is 10.1. The van der Waals surface area contributed by atoms with Crippen molar-refractivity contribution in [1.29, 1.82) is 0 Å². The van der Waals surface area contributed by atoms with E-state index in [9.17, 15) is 14.4 Å². The molecule has 0 atom stereocenters. The number of carbonyl (C=O) groups is 3. The Balaban J connectivity index is 1.73. The highest BCUT2D eigenvalue weighted by Crippen LogP contribution is 2.10. The summed E-state index contributed by atoms with van der Waals surface area (Å²) in [6.45, 7) is 1.24. The van der Waals surface area contributed by atoms with Crippen molar-refractivity contribution in [3.63, 3.8) is 0 Å². The van der Waals surface area contributed by atoms with Gasteiger partial charge in [0, 0.05) is 19.5 Å². The number of aromatic carboxylic acids is 1. The predicted molar refractivity (Wildman–Crippen MR) is 85.2 cm³/mol. The number of benzene rings is 1. The van der Waals surface area contributed by atoms with Crippen molar-refractivity contribution in [3.8, 4) is 0 Å². The zero-order valence-corrected chi connectivity index (χ0v) is 13.1. The Morgan fingerprint density at radius 2 is 1.87 bits per heavy atom. The highest BCUT2D eigenvalue weighted by molar-refractivity contribution is 5.87. The Morgan fingerprint density at radius 3 is 2.57 bits per heavy atom. The van der Waals surface area contributed by atoms with Crippen LogP contribution >= 0.6 is 0 Å². The molecule has 23 heavy (non-hydrogen) atoms. The molecule has 2 amide bonds. The fourth-order valence-corrected chi connectivity index (χ4v) is 2.60. The lowest BCUT2D eigenvalue weighted by Gasteiger charge is -2.19. The molecule has 0 saturated carbocycles. The Kier molecular flexibility index (Phi) is 6.14. The largest absolute Gasteiger partial charge is 0.478 e. The van der Waals surface area contributed by atoms with Gasteiger partial charge in [0.1, 0.15) is 0 Å². The minimum atomic E-state index is -0.952. The molecule has 6 nitrogen and oxygen atoms in total. The second-order valence-electron chi connectivity index (χ2n) is 5.73. The number of amides is 2. The molecule has 1 aromatic carbocycles. The van der Waals surface area contributed by atoms with Gasteiger partial charge in [-0.25, -0.2) is 4.79 Å². The van der Waals surface area contributed by atoms with E-state index in [1.54, 1.807) is 29.2 Å². The van der Waals surface area contributed by atoms with Gasteiger partial charge in [-0.15, -0.1) is 0 Å². The van der Waals surface area contributed by atoms with Crippen molar-refractivity contribution in [2.24, 2.45) is 0 Å². The van der Waals surface area contributed by atoms with Crippen molar-refractivity contribution in [2.75, 3.05) is 19.6 Å². The molecule has 1 aliphatic rings. The van der Waals surface area contributed by atoms with Gasteiger partial charge < -0.3 is 15.3 Å². The number of carboxylic acid groups (broad SMARTS) is 1. The highest BCUT2D eigenvalue weighted by atomic mass is 16.4. The highest BCUT2D eigenvalue weighted by Gasteiger charge is 2.18. The fourth-order valence-electron chi connectivity index (χ4n) is 2.60. The minimum absolute atomic E-state index is 0.0573. The molecule has 1 fully saturated rings. The van der Waals surface area contributed by atoms with E-state index in [1.807, 2.05) is 0 Å². The molecule has 2 rings (SSSR count). The Morgan fingerprint density at radius 1 is 1.13 bits per heavy atom. The molecule has 1 aromatic rings. The lowest BCUT2D eigenvalue weighted by Crippen LogP contribution is -2.41. The van der Waals surface area contributed by atoms with E-state index in [1.165, 1.54) is 0 Å². The molecule has 124 valence electrons. The SMILES string of the molecule is O=C(CN1CCCCCC1=O)NCCc1ccc(C(=O)O)cc1. The second kappa shape index (κ2) is 8.31. The maximum absolute atomic E-state index is 11.9. The van der Waals surface area contributed by atoms with Crippen LogP contribution in [-0.2, 0) is 16.0 Å². The molecule has 0 spiro atoms. The van der Waals surface area contributed by atoms with Crippen LogP contribution in [-0.4, -0.2) is 47.4 Å². The van der Waals surface area contributed by atoms with Crippen molar-refractivity contribution in [1.82, 2.24) is 10.2 Å². The summed E-state index contributed by atoms with van der Waals surface area (Å²) in [5.74, 6) is -1.05. The molecule has 1 heterocycles. The monoisotopic (exact) mass is 318 g/mol. The molecule has 0 aromatic heterocycles. The quantitative estimate of drug-likeness (QED) is 0.831. The Labute approximate surface area is 135 Å². The molecule has 0 unspecified atom stereocenters. The Bertz CT molecular complexity index is 568. The molecule has 0 aliphatic carbocycles. The summed E-state index contributed by atoms with van der Waals surface area (Å²) in [7, 11) is 0. The molecule has 0 radical (unpaired) electrons. The Hall–Kier alpha value is -2.37. The maximum atomic E-state index is 11.9. The summed E-state index contributed by atoms with van der Waals surface area (Å²) in [6, 6.07) is 6.59. The van der Waals surface area contributed by atoms with Gasteiger partial charge in [-0.3, -0.25) is 9.59 Å². The van der Waals surface area contributed by atoms with Crippen molar-refractivity contribution >= 4 is 17.8 Å². The minimum Gasteiger partial charge on any atom is -0.478 e. The summed E-state index contributed by atoms with van der Waals surface area (Å²) in [4.78, 5) is 36.1. The van der Waals surface area contributed by atoms with Gasteiger partial charge in [0.2, 0.25) is 11.8 Å². The van der Waals surface area contributed by atoms with Crippen molar-refractivity contribution in [2.45, 2.75) is 32.1 Å². The third kappa shape index (κ3) is 5.39. The van der Waals surface area contributed by atoms with E-state index in [-0.39, 0.29) is 23.9 Å². The van der Waals surface area contributed by atoms with E-state index >= 15 is 0 Å². The van der Waals surface area contributed by atoms with E-state index in [2.05, 4.69) is 5.32 Å². The zero-order valence-electron chi connectivity index (χ0n) is 13.1. The number of likely N-dealkylation sites (tertiary alicyclic amines) is 1. The van der Waals surface area contributed by atoms with Gasteiger partial charge in [-0.1, -0.05) is 18.6 Å². The third-order valence-corrected chi connectivity index (χ3v) is 3.94. The molecular weight excluding hydrogens is 296 g/mol. The molecule has 6 heteroatoms. The van der Waals surface area contributed by atoms with Crippen LogP contribution in [0.1, 0.15) is 41.6 Å². The first-order chi connectivity index (χ1) is 11.1. The van der Waals surface area contributed by atoms with Crippen LogP contribution in [0.2, 0.25) is 0 Å². The van der Waals surface area contributed by atoms with Crippen LogP contribution in [0.25, 0.3) is 0 Å². The van der Waals surface area contributed by atoms with Crippen LogP contribution < -0.4 is 5.32 Å². The number of carboxylic acids is 1. The average Bonchev–Trinajstić information content (AvgIpc) is 2.73. The molecule has 0 bridgehead atoms. The molecule has 2 N–H and O–H groups in total. The van der Waals surface area contributed by atoms with E-state index in [4.69, 9.17) is 5.11 Å². The van der Waals surface area contributed by atoms with Crippen LogP contribution in [0.15, 0.2) is 24.3 Å². The zero-order chi connectivity index (χ0) is 16.7. The normalized spacial score (nSPS) is 15.1. The van der Waals surface area contributed by atoms with Gasteiger partial charge in [0.05, 0.1) is 12.1 Å². The van der Waals surface area contributed by atoms with Gasteiger partial charge in [0.15, 0.2) is 0 Å². The van der Waals surface area contributed by atoms with E-state index in [0.29, 0.717) is 25.9 Å². The number of nitrogens with one attached hydrogen (secondary N) is 1. The van der Waals surface area contributed by atoms with Gasteiger partial charge in [0.25, 0.3) is 0 Å². The standard InChI is InChI=1S/C17H22N2O4/c20-15(12-19-11-3-1-2-4-16(19)21)18-10-9-13-5-7-14(8-6-13)17(22)23/h5-8H,1-4,9-12H2,(H,18,20)(H,22,23). The van der Waals surface area contributed by atoms with Gasteiger partial charge in [-0.2, -0.15) is 0 Å². The van der Waals surface area contributed by atoms with Crippen LogP contribution in [0.5, 0.6) is 0 Å². The summed E-state index contributed by atoms with van der Waals surface area (Å²) in [6.07, 6.45) is 4.05. The summed E-state index contributed by atoms with van der Waals surface area (Å²) in [5, 5.41) is 11.6. The summed E-state index contributed by atoms with van der Waals surface area (Å²) in [5.41, 5.74) is 1.21. The first-order valence-corrected chi connectivity index (χ1v) is 7.93. The van der Waals surface area contributed by atoms with Gasteiger partial charge >= 0.3 is 5.97 Å². The predicted octanol–water partition coefficient (Wildman–Crippen LogP) is 1.45. The maximum Gasteiger partial charge on any atom is 0.335 e. The smallest absolute Gasteiger partial charge is 0.335 e. The van der Waals surface area contributed by atoms with Crippen LogP contribution in [0, 0.1) is 0 Å². The average molecular weight is 318 g/mol. The fraction of sp³-hybridized carbons (Fsp3) is 0.471. The van der Waals surface area contributed by atoms with Crippen LogP contribution in [0.4, 0.5) is 0 Å². The summed E-state index contributed by atoms with van der Waals surface area (Å²) >= 11 is 0. The number of carbonyl (C=O) groups excluding carboxylic acids is 2. The summed E-state index contributed by atoms with van der Waals surface area (Å²) < 4.78 is 0. The second-order valence-corrected chi connectivity index (χ2v) is 5.73. The molecule has 1 saturated heterocycles. The number of rotatable bonds is 6. The van der Waals surface area contributed by atoms with E-state index in [0.717, 1.165) is 24.8 Å². The topological polar surface area (TPSA) is 86.7 Å². The van der Waals surface area contributed by atoms with Crippen molar-refractivity contribution in [3.05, 3.63) is 35.4 Å². The third-order valence-electron chi connectivity index (χ3n) is 3.94. The molecule has 1 aliphatic heterocycles. The number of nitrogens with zero attached hydrogens (tertiary/aromatic N) is 1. The number of hydrogen-bond acceptors (Lipinski definition) is 3. The first-order valence-electron chi connectivity index (χ1n) is 7.93. The van der Waals surface area contributed by atoms with Crippen LogP contribution in [0.3, 0.4) is 0 Å². The van der Waals surface area contributed by atoms with Crippen molar-refractivity contribution < 1.29 is 19.5 Å². The molecular formula is C17H22N2O4. The first kappa shape index (κ1) is 17.0.